The summed E-state index contributed by atoms with van der Waals surface area (Å²) >= 11 is 3.35. The standard InChI is InChI=1S/C15H10BrNO/c1-2-11-4-3-5-14(8-11)17-10-12-9-13(16)6-7-15(12)18/h1,3-10,18H/b17-10+. The summed E-state index contributed by atoms with van der Waals surface area (Å²) in [5.41, 5.74) is 2.18. The summed E-state index contributed by atoms with van der Waals surface area (Å²) in [6.07, 6.45) is 6.93. The number of phenols is 1. The van der Waals surface area contributed by atoms with Gasteiger partial charge in [-0.05, 0) is 36.4 Å². The van der Waals surface area contributed by atoms with E-state index in [1.165, 1.54) is 0 Å². The van der Waals surface area contributed by atoms with Gasteiger partial charge in [-0.2, -0.15) is 0 Å². The lowest BCUT2D eigenvalue weighted by atomic mass is 10.2. The minimum absolute atomic E-state index is 0.190. The Morgan fingerprint density at radius 3 is 2.83 bits per heavy atom. The maximum absolute atomic E-state index is 9.67. The average molecular weight is 300 g/mol. The van der Waals surface area contributed by atoms with Gasteiger partial charge in [-0.1, -0.05) is 27.9 Å². The van der Waals surface area contributed by atoms with E-state index < -0.39 is 0 Å². The molecule has 1 N–H and O–H groups in total. The predicted molar refractivity (Wildman–Crippen MR) is 77.4 cm³/mol. The lowest BCUT2D eigenvalue weighted by Crippen LogP contribution is -1.82. The molecule has 0 radical (unpaired) electrons. The topological polar surface area (TPSA) is 32.6 Å². The van der Waals surface area contributed by atoms with Gasteiger partial charge in [0, 0.05) is 21.8 Å². The largest absolute Gasteiger partial charge is 0.507 e. The Labute approximate surface area is 114 Å². The molecule has 88 valence electrons. The Kier molecular flexibility index (Phi) is 3.81. The second-order valence-corrected chi connectivity index (χ2v) is 4.57. The van der Waals surface area contributed by atoms with Crippen LogP contribution in [0.2, 0.25) is 0 Å². The lowest BCUT2D eigenvalue weighted by Gasteiger charge is -1.99. The van der Waals surface area contributed by atoms with Crippen molar-refractivity contribution in [2.75, 3.05) is 0 Å². The van der Waals surface area contributed by atoms with Crippen LogP contribution < -0.4 is 0 Å². The number of terminal acetylenes is 1. The van der Waals surface area contributed by atoms with Crippen molar-refractivity contribution in [3.8, 4) is 18.1 Å². The number of halogens is 1. The summed E-state index contributed by atoms with van der Waals surface area (Å²) in [4.78, 5) is 4.29. The number of hydrogen-bond donors (Lipinski definition) is 1. The number of rotatable bonds is 2. The van der Waals surface area contributed by atoms with Gasteiger partial charge in [0.05, 0.1) is 5.69 Å². The summed E-state index contributed by atoms with van der Waals surface area (Å²) in [7, 11) is 0. The Morgan fingerprint density at radius 1 is 1.22 bits per heavy atom. The Hall–Kier alpha value is -2.05. The van der Waals surface area contributed by atoms with Gasteiger partial charge in [0.1, 0.15) is 5.75 Å². The molecule has 0 spiro atoms. The highest BCUT2D eigenvalue weighted by molar-refractivity contribution is 9.10. The zero-order chi connectivity index (χ0) is 13.0. The van der Waals surface area contributed by atoms with Gasteiger partial charge in [-0.15, -0.1) is 6.42 Å². The summed E-state index contributed by atoms with van der Waals surface area (Å²) in [6.45, 7) is 0. The third-order valence-electron chi connectivity index (χ3n) is 2.36. The Morgan fingerprint density at radius 2 is 2.06 bits per heavy atom. The lowest BCUT2D eigenvalue weighted by molar-refractivity contribution is 0.474. The van der Waals surface area contributed by atoms with Crippen LogP contribution >= 0.6 is 15.9 Å². The van der Waals surface area contributed by atoms with Crippen LogP contribution in [-0.2, 0) is 0 Å². The first kappa shape index (κ1) is 12.4. The van der Waals surface area contributed by atoms with Gasteiger partial charge in [0.2, 0.25) is 0 Å². The van der Waals surface area contributed by atoms with E-state index in [9.17, 15) is 5.11 Å². The average Bonchev–Trinajstić information content (AvgIpc) is 2.40. The van der Waals surface area contributed by atoms with E-state index in [1.807, 2.05) is 24.3 Å². The molecule has 2 nitrogen and oxygen atoms in total. The first-order chi connectivity index (χ1) is 8.69. The predicted octanol–water partition coefficient (Wildman–Crippen LogP) is 3.89. The molecule has 0 fully saturated rings. The molecule has 0 saturated carbocycles. The van der Waals surface area contributed by atoms with Crippen molar-refractivity contribution >= 4 is 27.8 Å². The van der Waals surface area contributed by atoms with Gasteiger partial charge in [0.15, 0.2) is 0 Å². The second-order valence-electron chi connectivity index (χ2n) is 3.66. The summed E-state index contributed by atoms with van der Waals surface area (Å²) < 4.78 is 0.888. The van der Waals surface area contributed by atoms with Crippen molar-refractivity contribution in [3.63, 3.8) is 0 Å². The highest BCUT2D eigenvalue weighted by Crippen LogP contribution is 2.21. The number of hydrogen-bond acceptors (Lipinski definition) is 2. The minimum Gasteiger partial charge on any atom is -0.507 e. The van der Waals surface area contributed by atoms with E-state index in [0.717, 1.165) is 15.7 Å². The molecule has 3 heteroatoms. The zero-order valence-electron chi connectivity index (χ0n) is 9.47. The maximum Gasteiger partial charge on any atom is 0.124 e. The quantitative estimate of drug-likeness (QED) is 0.662. The van der Waals surface area contributed by atoms with Gasteiger partial charge in [0.25, 0.3) is 0 Å². The van der Waals surface area contributed by atoms with E-state index in [2.05, 4.69) is 26.8 Å². The van der Waals surface area contributed by atoms with E-state index in [1.54, 1.807) is 24.4 Å². The van der Waals surface area contributed by atoms with Crippen molar-refractivity contribution in [1.82, 2.24) is 0 Å². The highest BCUT2D eigenvalue weighted by atomic mass is 79.9. The van der Waals surface area contributed by atoms with E-state index >= 15 is 0 Å². The third kappa shape index (κ3) is 2.99. The van der Waals surface area contributed by atoms with Gasteiger partial charge < -0.3 is 5.11 Å². The number of phenolic OH excluding ortho intramolecular Hbond substituents is 1. The molecule has 0 saturated heterocycles. The van der Waals surface area contributed by atoms with Crippen LogP contribution in [0.4, 0.5) is 5.69 Å². The van der Waals surface area contributed by atoms with Gasteiger partial charge in [-0.25, -0.2) is 0 Å². The molecule has 0 amide bonds. The molecule has 0 aromatic heterocycles. The molecule has 2 aromatic carbocycles. The molecule has 0 bridgehead atoms. The third-order valence-corrected chi connectivity index (χ3v) is 2.85. The van der Waals surface area contributed by atoms with Gasteiger partial charge >= 0.3 is 0 Å². The van der Waals surface area contributed by atoms with E-state index in [4.69, 9.17) is 6.42 Å². The van der Waals surface area contributed by atoms with Crippen LogP contribution in [0.5, 0.6) is 5.75 Å². The molecule has 0 aliphatic carbocycles. The van der Waals surface area contributed by atoms with Crippen LogP contribution in [-0.4, -0.2) is 11.3 Å². The van der Waals surface area contributed by atoms with Crippen molar-refractivity contribution in [3.05, 3.63) is 58.1 Å². The zero-order valence-corrected chi connectivity index (χ0v) is 11.1. The van der Waals surface area contributed by atoms with Crippen LogP contribution in [0.25, 0.3) is 0 Å². The first-order valence-electron chi connectivity index (χ1n) is 5.28. The van der Waals surface area contributed by atoms with Gasteiger partial charge in [-0.3, -0.25) is 4.99 Å². The van der Waals surface area contributed by atoms with Crippen LogP contribution in [0.1, 0.15) is 11.1 Å². The molecule has 0 unspecified atom stereocenters. The molecule has 0 atom stereocenters. The fourth-order valence-electron chi connectivity index (χ4n) is 1.45. The summed E-state index contributed by atoms with van der Waals surface area (Å²) in [5, 5.41) is 9.67. The monoisotopic (exact) mass is 299 g/mol. The van der Waals surface area contributed by atoms with Crippen molar-refractivity contribution in [1.29, 1.82) is 0 Å². The normalized spacial score (nSPS) is 10.4. The smallest absolute Gasteiger partial charge is 0.124 e. The molecule has 2 rings (SSSR count). The SMILES string of the molecule is C#Cc1cccc(/N=C/c2cc(Br)ccc2O)c1. The number of aliphatic imine (C=N–C) groups is 1. The van der Waals surface area contributed by atoms with Crippen molar-refractivity contribution < 1.29 is 5.11 Å². The maximum atomic E-state index is 9.67. The fraction of sp³-hybridized carbons (Fsp3) is 0. The molecule has 0 aliphatic rings. The second kappa shape index (κ2) is 5.52. The molecular formula is C15H10BrNO. The summed E-state index contributed by atoms with van der Waals surface area (Å²) in [5.74, 6) is 2.75. The van der Waals surface area contributed by atoms with E-state index in [0.29, 0.717) is 5.56 Å². The van der Waals surface area contributed by atoms with Crippen LogP contribution in [0.15, 0.2) is 51.9 Å². The van der Waals surface area contributed by atoms with Crippen molar-refractivity contribution in [2.24, 2.45) is 4.99 Å². The molecule has 0 heterocycles. The first-order valence-corrected chi connectivity index (χ1v) is 6.07. The number of aromatic hydroxyl groups is 1. The summed E-state index contributed by atoms with van der Waals surface area (Å²) in [6, 6.07) is 12.5. The molecule has 18 heavy (non-hydrogen) atoms. The van der Waals surface area contributed by atoms with Crippen LogP contribution in [0.3, 0.4) is 0 Å². The van der Waals surface area contributed by atoms with E-state index in [-0.39, 0.29) is 5.75 Å². The number of nitrogens with zero attached hydrogens (tertiary/aromatic N) is 1. The Balaban J connectivity index is 2.30. The Bertz CT molecular complexity index is 641. The molecule has 0 aliphatic heterocycles. The molecule has 2 aromatic rings. The highest BCUT2D eigenvalue weighted by Gasteiger charge is 1.98. The minimum atomic E-state index is 0.190. The molecular weight excluding hydrogens is 290 g/mol. The van der Waals surface area contributed by atoms with Crippen LogP contribution in [0, 0.1) is 12.3 Å². The van der Waals surface area contributed by atoms with Crippen molar-refractivity contribution in [2.45, 2.75) is 0 Å². The number of benzene rings is 2. The fourth-order valence-corrected chi connectivity index (χ4v) is 1.83.